The molecule has 0 bridgehead atoms. The Morgan fingerprint density at radius 3 is 2.25 bits per heavy atom. The first-order valence-corrected chi connectivity index (χ1v) is 7.48. The number of aryl methyl sites for hydroxylation is 1. The maximum atomic E-state index is 12.1. The van der Waals surface area contributed by atoms with Crippen molar-refractivity contribution in [2.75, 3.05) is 20.7 Å². The maximum absolute atomic E-state index is 12.1. The summed E-state index contributed by atoms with van der Waals surface area (Å²) in [7, 11) is -0.883. The predicted octanol–water partition coefficient (Wildman–Crippen LogP) is 1.21. The van der Waals surface area contributed by atoms with E-state index in [4.69, 9.17) is 4.74 Å². The van der Waals surface area contributed by atoms with E-state index in [1.54, 1.807) is 19.1 Å². The quantitative estimate of drug-likeness (QED) is 0.476. The zero-order valence-electron chi connectivity index (χ0n) is 12.0. The Hall–Kier alpha value is -1.89. The minimum Gasteiger partial charge on any atom is -0.460 e. The van der Waals surface area contributed by atoms with Gasteiger partial charge < -0.3 is 9.64 Å². The molecule has 0 aromatic heterocycles. The number of esters is 1. The van der Waals surface area contributed by atoms with Gasteiger partial charge in [-0.15, -0.1) is 4.40 Å². The monoisotopic (exact) mass is 298 g/mol. The SMILES string of the molecule is CCOC(=O)/C(=N\S(=O)(=O)c1ccc(C)cc1)N(C)C. The Bertz CT molecular complexity index is 604. The van der Waals surface area contributed by atoms with Crippen molar-refractivity contribution in [3.8, 4) is 0 Å². The van der Waals surface area contributed by atoms with Gasteiger partial charge in [0.05, 0.1) is 11.5 Å². The van der Waals surface area contributed by atoms with Crippen LogP contribution in [0, 0.1) is 6.92 Å². The summed E-state index contributed by atoms with van der Waals surface area (Å²) in [6, 6.07) is 6.24. The highest BCUT2D eigenvalue weighted by Crippen LogP contribution is 2.14. The van der Waals surface area contributed by atoms with E-state index in [9.17, 15) is 13.2 Å². The van der Waals surface area contributed by atoms with Crippen LogP contribution in [0.1, 0.15) is 12.5 Å². The highest BCUT2D eigenvalue weighted by molar-refractivity contribution is 7.90. The second kappa shape index (κ2) is 6.51. The van der Waals surface area contributed by atoms with Gasteiger partial charge >= 0.3 is 5.97 Å². The number of benzene rings is 1. The van der Waals surface area contributed by atoms with Crippen LogP contribution in [0.5, 0.6) is 0 Å². The molecule has 0 unspecified atom stereocenters. The number of hydrogen-bond donors (Lipinski definition) is 0. The number of amidine groups is 1. The second-order valence-corrected chi connectivity index (χ2v) is 5.92. The zero-order valence-corrected chi connectivity index (χ0v) is 12.8. The molecule has 0 aliphatic rings. The number of ether oxygens (including phenoxy) is 1. The first-order valence-electron chi connectivity index (χ1n) is 6.04. The van der Waals surface area contributed by atoms with Crippen molar-refractivity contribution < 1.29 is 17.9 Å². The van der Waals surface area contributed by atoms with Crippen molar-refractivity contribution in [3.05, 3.63) is 29.8 Å². The molecule has 0 spiro atoms. The summed E-state index contributed by atoms with van der Waals surface area (Å²) in [6.07, 6.45) is 0. The van der Waals surface area contributed by atoms with Crippen LogP contribution in [0.25, 0.3) is 0 Å². The van der Waals surface area contributed by atoms with Crippen LogP contribution in [0.3, 0.4) is 0 Å². The Labute approximate surface area is 119 Å². The number of rotatable bonds is 3. The molecule has 0 heterocycles. The molecule has 0 atom stereocenters. The number of likely N-dealkylation sites (N-methyl/N-ethyl adjacent to an activating group) is 1. The fourth-order valence-corrected chi connectivity index (χ4v) is 2.42. The van der Waals surface area contributed by atoms with Crippen LogP contribution >= 0.6 is 0 Å². The average Bonchev–Trinajstić information content (AvgIpc) is 2.36. The molecule has 110 valence electrons. The van der Waals surface area contributed by atoms with Crippen LogP contribution in [-0.2, 0) is 19.6 Å². The molecule has 0 radical (unpaired) electrons. The van der Waals surface area contributed by atoms with Crippen molar-refractivity contribution in [2.24, 2.45) is 4.40 Å². The van der Waals surface area contributed by atoms with Gasteiger partial charge in [-0.05, 0) is 26.0 Å². The zero-order chi connectivity index (χ0) is 15.3. The molecule has 0 aliphatic carbocycles. The maximum Gasteiger partial charge on any atom is 0.375 e. The normalized spacial score (nSPS) is 12.1. The molecule has 1 rings (SSSR count). The van der Waals surface area contributed by atoms with Crippen LogP contribution in [-0.4, -0.2) is 45.8 Å². The van der Waals surface area contributed by atoms with Gasteiger partial charge in [0.25, 0.3) is 10.0 Å². The summed E-state index contributed by atoms with van der Waals surface area (Å²) in [5.41, 5.74) is 0.936. The van der Waals surface area contributed by atoms with Crippen molar-refractivity contribution in [1.82, 2.24) is 4.90 Å². The number of carbonyl (C=O) groups is 1. The van der Waals surface area contributed by atoms with E-state index in [1.165, 1.54) is 31.1 Å². The van der Waals surface area contributed by atoms with Gasteiger partial charge in [-0.1, -0.05) is 17.7 Å². The van der Waals surface area contributed by atoms with Crippen LogP contribution in [0.2, 0.25) is 0 Å². The standard InChI is InChI=1S/C13H18N2O4S/c1-5-19-13(16)12(15(3)4)14-20(17,18)11-8-6-10(2)7-9-11/h6-9H,5H2,1-4H3/b14-12+. The first kappa shape index (κ1) is 16.2. The molecular formula is C13H18N2O4S. The number of nitrogens with zero attached hydrogens (tertiary/aromatic N) is 2. The molecule has 20 heavy (non-hydrogen) atoms. The Morgan fingerprint density at radius 2 is 1.80 bits per heavy atom. The molecule has 1 aromatic carbocycles. The molecule has 0 N–H and O–H groups in total. The van der Waals surface area contributed by atoms with E-state index < -0.39 is 16.0 Å². The van der Waals surface area contributed by atoms with Crippen molar-refractivity contribution in [1.29, 1.82) is 0 Å². The number of carbonyl (C=O) groups excluding carboxylic acids is 1. The largest absolute Gasteiger partial charge is 0.460 e. The molecule has 1 aromatic rings. The fraction of sp³-hybridized carbons (Fsp3) is 0.385. The summed E-state index contributed by atoms with van der Waals surface area (Å²) in [5.74, 6) is -1.03. The summed E-state index contributed by atoms with van der Waals surface area (Å²) in [6.45, 7) is 3.64. The topological polar surface area (TPSA) is 76.0 Å². The first-order chi connectivity index (χ1) is 9.27. The van der Waals surface area contributed by atoms with E-state index in [-0.39, 0.29) is 17.3 Å². The minimum atomic E-state index is -3.94. The van der Waals surface area contributed by atoms with Crippen LogP contribution in [0.4, 0.5) is 0 Å². The molecule has 0 aliphatic heterocycles. The van der Waals surface area contributed by atoms with Crippen molar-refractivity contribution in [3.63, 3.8) is 0 Å². The molecule has 0 saturated carbocycles. The Balaban J connectivity index is 3.21. The Morgan fingerprint density at radius 1 is 1.25 bits per heavy atom. The highest BCUT2D eigenvalue weighted by Gasteiger charge is 2.21. The number of hydrogen-bond acceptors (Lipinski definition) is 4. The lowest BCUT2D eigenvalue weighted by atomic mass is 10.2. The molecule has 0 fully saturated rings. The molecule has 6 nitrogen and oxygen atoms in total. The minimum absolute atomic E-state index is 0.0340. The van der Waals surface area contributed by atoms with E-state index >= 15 is 0 Å². The van der Waals surface area contributed by atoms with Gasteiger partial charge in [-0.2, -0.15) is 8.42 Å². The van der Waals surface area contributed by atoms with Crippen LogP contribution < -0.4 is 0 Å². The van der Waals surface area contributed by atoms with E-state index in [2.05, 4.69) is 4.40 Å². The van der Waals surface area contributed by atoms with Gasteiger partial charge in [-0.25, -0.2) is 4.79 Å². The lowest BCUT2D eigenvalue weighted by molar-refractivity contribution is -0.135. The van der Waals surface area contributed by atoms with Gasteiger partial charge in [0.2, 0.25) is 5.84 Å². The second-order valence-electron chi connectivity index (χ2n) is 4.32. The van der Waals surface area contributed by atoms with Gasteiger partial charge in [0.15, 0.2) is 0 Å². The lowest BCUT2D eigenvalue weighted by Crippen LogP contribution is -2.32. The van der Waals surface area contributed by atoms with E-state index in [0.717, 1.165) is 5.56 Å². The predicted molar refractivity (Wildman–Crippen MR) is 76.1 cm³/mol. The number of sulfonamides is 1. The third-order valence-corrected chi connectivity index (χ3v) is 3.69. The van der Waals surface area contributed by atoms with Gasteiger partial charge in [-0.3, -0.25) is 0 Å². The smallest absolute Gasteiger partial charge is 0.375 e. The lowest BCUT2D eigenvalue weighted by Gasteiger charge is -2.13. The summed E-state index contributed by atoms with van der Waals surface area (Å²) >= 11 is 0. The van der Waals surface area contributed by atoms with E-state index in [1.807, 2.05) is 6.92 Å². The fourth-order valence-electron chi connectivity index (χ4n) is 1.37. The Kier molecular flexibility index (Phi) is 5.26. The third-order valence-electron chi connectivity index (χ3n) is 2.41. The summed E-state index contributed by atoms with van der Waals surface area (Å²) in [5, 5.41) is 0. The third kappa shape index (κ3) is 4.06. The molecule has 7 heteroatoms. The van der Waals surface area contributed by atoms with Gasteiger partial charge in [0, 0.05) is 14.1 Å². The highest BCUT2D eigenvalue weighted by atomic mass is 32.2. The van der Waals surface area contributed by atoms with Gasteiger partial charge in [0.1, 0.15) is 0 Å². The van der Waals surface area contributed by atoms with E-state index in [0.29, 0.717) is 0 Å². The van der Waals surface area contributed by atoms with Crippen molar-refractivity contribution >= 4 is 21.8 Å². The van der Waals surface area contributed by atoms with Crippen molar-refractivity contribution in [2.45, 2.75) is 18.7 Å². The average molecular weight is 298 g/mol. The van der Waals surface area contributed by atoms with Crippen LogP contribution in [0.15, 0.2) is 33.6 Å². The molecule has 0 saturated heterocycles. The summed E-state index contributed by atoms with van der Waals surface area (Å²) in [4.78, 5) is 13.0. The molecular weight excluding hydrogens is 280 g/mol. The molecule has 0 amide bonds. The summed E-state index contributed by atoms with van der Waals surface area (Å²) < 4.78 is 32.6.